The van der Waals surface area contributed by atoms with Crippen LogP contribution in [0.25, 0.3) is 0 Å². The Balaban J connectivity index is 1.82. The van der Waals surface area contributed by atoms with Crippen LogP contribution in [0.3, 0.4) is 0 Å². The van der Waals surface area contributed by atoms with Gasteiger partial charge in [-0.3, -0.25) is 9.59 Å². The predicted octanol–water partition coefficient (Wildman–Crippen LogP) is 4.16. The fraction of sp³-hybridized carbons (Fsp3) is 0.300. The van der Waals surface area contributed by atoms with Crippen molar-refractivity contribution in [1.29, 1.82) is 0 Å². The second-order valence-electron chi connectivity index (χ2n) is 5.90. The molecule has 5 heteroatoms. The van der Waals surface area contributed by atoms with Gasteiger partial charge in [-0.2, -0.15) is 0 Å². The van der Waals surface area contributed by atoms with Gasteiger partial charge in [-0.15, -0.1) is 0 Å². The van der Waals surface area contributed by atoms with E-state index in [1.54, 1.807) is 0 Å². The molecule has 1 amide bonds. The number of carbonyl (C=O) groups is 2. The van der Waals surface area contributed by atoms with Gasteiger partial charge in [0.25, 0.3) is 0 Å². The number of carboxylic acid groups (broad SMARTS) is 1. The van der Waals surface area contributed by atoms with Gasteiger partial charge in [0.2, 0.25) is 5.91 Å². The molecular formula is C20H23NO4. The first-order valence-corrected chi connectivity index (χ1v) is 8.33. The monoisotopic (exact) mass is 341 g/mol. The topological polar surface area (TPSA) is 75.6 Å². The van der Waals surface area contributed by atoms with Crippen molar-refractivity contribution in [2.75, 3.05) is 5.32 Å². The SMILES string of the molecule is Cc1cc(OCc2ccccc2)ccc1NC(=O)CCCCC(=O)O. The molecule has 0 aliphatic carbocycles. The van der Waals surface area contributed by atoms with Crippen molar-refractivity contribution in [3.8, 4) is 5.75 Å². The van der Waals surface area contributed by atoms with Gasteiger partial charge in [0.05, 0.1) is 0 Å². The number of unbranched alkanes of at least 4 members (excludes halogenated alkanes) is 1. The Kier molecular flexibility index (Phi) is 7.01. The maximum atomic E-state index is 11.9. The third-order valence-electron chi connectivity index (χ3n) is 3.76. The molecule has 2 aromatic rings. The summed E-state index contributed by atoms with van der Waals surface area (Å²) in [6.07, 6.45) is 1.49. The van der Waals surface area contributed by atoms with Crippen LogP contribution in [0.2, 0.25) is 0 Å². The van der Waals surface area contributed by atoms with E-state index in [4.69, 9.17) is 9.84 Å². The molecule has 0 bridgehead atoms. The standard InChI is InChI=1S/C20H23NO4/c1-15-13-17(25-14-16-7-3-2-4-8-16)11-12-18(15)21-19(22)9-5-6-10-20(23)24/h2-4,7-8,11-13H,5-6,9-10,14H2,1H3,(H,21,22)(H,23,24). The van der Waals surface area contributed by atoms with Gasteiger partial charge < -0.3 is 15.2 Å². The zero-order valence-corrected chi connectivity index (χ0v) is 14.3. The highest BCUT2D eigenvalue weighted by atomic mass is 16.5. The molecule has 2 aromatic carbocycles. The van der Waals surface area contributed by atoms with Gasteiger partial charge in [-0.05, 0) is 49.1 Å². The van der Waals surface area contributed by atoms with Gasteiger partial charge in [0.1, 0.15) is 12.4 Å². The lowest BCUT2D eigenvalue weighted by molar-refractivity contribution is -0.137. The summed E-state index contributed by atoms with van der Waals surface area (Å²) in [6.45, 7) is 2.41. The third kappa shape index (κ3) is 6.67. The summed E-state index contributed by atoms with van der Waals surface area (Å²) in [5.41, 5.74) is 2.76. The highest BCUT2D eigenvalue weighted by Gasteiger charge is 2.07. The van der Waals surface area contributed by atoms with E-state index in [1.165, 1.54) is 0 Å². The molecule has 0 spiro atoms. The van der Waals surface area contributed by atoms with E-state index in [-0.39, 0.29) is 12.3 Å². The van der Waals surface area contributed by atoms with Crippen LogP contribution in [0.4, 0.5) is 5.69 Å². The fourth-order valence-electron chi connectivity index (χ4n) is 2.38. The lowest BCUT2D eigenvalue weighted by Crippen LogP contribution is -2.12. The first-order chi connectivity index (χ1) is 12.0. The number of nitrogens with one attached hydrogen (secondary N) is 1. The minimum atomic E-state index is -0.831. The van der Waals surface area contributed by atoms with Crippen LogP contribution in [0.15, 0.2) is 48.5 Å². The number of benzene rings is 2. The van der Waals surface area contributed by atoms with E-state index in [0.717, 1.165) is 22.6 Å². The number of carboxylic acids is 1. The Morgan fingerprint density at radius 3 is 2.44 bits per heavy atom. The molecular weight excluding hydrogens is 318 g/mol. The molecule has 0 saturated carbocycles. The first-order valence-electron chi connectivity index (χ1n) is 8.33. The normalized spacial score (nSPS) is 10.3. The van der Waals surface area contributed by atoms with Crippen LogP contribution in [0.1, 0.15) is 36.8 Å². The molecule has 0 aromatic heterocycles. The van der Waals surface area contributed by atoms with E-state index >= 15 is 0 Å². The van der Waals surface area contributed by atoms with Gasteiger partial charge in [0.15, 0.2) is 0 Å². The number of hydrogen-bond acceptors (Lipinski definition) is 3. The zero-order valence-electron chi connectivity index (χ0n) is 14.3. The second-order valence-corrected chi connectivity index (χ2v) is 5.90. The molecule has 0 aliphatic rings. The number of aliphatic carboxylic acids is 1. The number of hydrogen-bond donors (Lipinski definition) is 2. The van der Waals surface area contributed by atoms with Crippen molar-refractivity contribution in [2.45, 2.75) is 39.2 Å². The number of ether oxygens (including phenoxy) is 1. The Hall–Kier alpha value is -2.82. The van der Waals surface area contributed by atoms with Gasteiger partial charge in [-0.25, -0.2) is 0 Å². The summed E-state index contributed by atoms with van der Waals surface area (Å²) in [7, 11) is 0. The first kappa shape index (κ1) is 18.5. The third-order valence-corrected chi connectivity index (χ3v) is 3.76. The van der Waals surface area contributed by atoms with Crippen molar-refractivity contribution in [1.82, 2.24) is 0 Å². The van der Waals surface area contributed by atoms with Crippen LogP contribution in [-0.2, 0) is 16.2 Å². The Labute approximate surface area is 147 Å². The fourth-order valence-corrected chi connectivity index (χ4v) is 2.38. The van der Waals surface area contributed by atoms with E-state index in [0.29, 0.717) is 25.9 Å². The van der Waals surface area contributed by atoms with Crippen molar-refractivity contribution in [3.63, 3.8) is 0 Å². The summed E-state index contributed by atoms with van der Waals surface area (Å²) in [6, 6.07) is 15.5. The number of amides is 1. The van der Waals surface area contributed by atoms with Crippen LogP contribution >= 0.6 is 0 Å². The molecule has 5 nitrogen and oxygen atoms in total. The Morgan fingerprint density at radius 1 is 1.04 bits per heavy atom. The molecule has 0 heterocycles. The number of rotatable bonds is 9. The molecule has 0 saturated heterocycles. The number of aryl methyl sites for hydroxylation is 1. The van der Waals surface area contributed by atoms with Gasteiger partial charge in [0, 0.05) is 18.5 Å². The summed E-state index contributed by atoms with van der Waals surface area (Å²) in [4.78, 5) is 22.4. The molecule has 2 N–H and O–H groups in total. The molecule has 0 unspecified atom stereocenters. The maximum Gasteiger partial charge on any atom is 0.303 e. The van der Waals surface area contributed by atoms with E-state index in [1.807, 2.05) is 55.5 Å². The van der Waals surface area contributed by atoms with Crippen molar-refractivity contribution >= 4 is 17.6 Å². The smallest absolute Gasteiger partial charge is 0.303 e. The molecule has 2 rings (SSSR count). The summed E-state index contributed by atoms with van der Waals surface area (Å²) in [5, 5.41) is 11.4. The van der Waals surface area contributed by atoms with E-state index in [9.17, 15) is 9.59 Å². The summed E-state index contributed by atoms with van der Waals surface area (Å²) in [5.74, 6) is -0.186. The van der Waals surface area contributed by atoms with E-state index in [2.05, 4.69) is 5.32 Å². The highest BCUT2D eigenvalue weighted by Crippen LogP contribution is 2.22. The largest absolute Gasteiger partial charge is 0.489 e. The lowest BCUT2D eigenvalue weighted by Gasteiger charge is -2.11. The summed E-state index contributed by atoms with van der Waals surface area (Å²) < 4.78 is 5.77. The molecule has 0 radical (unpaired) electrons. The van der Waals surface area contributed by atoms with E-state index < -0.39 is 5.97 Å². The lowest BCUT2D eigenvalue weighted by atomic mass is 10.1. The predicted molar refractivity (Wildman–Crippen MR) is 96.7 cm³/mol. The highest BCUT2D eigenvalue weighted by molar-refractivity contribution is 5.91. The Morgan fingerprint density at radius 2 is 1.76 bits per heavy atom. The van der Waals surface area contributed by atoms with Crippen molar-refractivity contribution in [3.05, 3.63) is 59.7 Å². The summed E-state index contributed by atoms with van der Waals surface area (Å²) >= 11 is 0. The van der Waals surface area contributed by atoms with Crippen molar-refractivity contribution < 1.29 is 19.4 Å². The van der Waals surface area contributed by atoms with Crippen molar-refractivity contribution in [2.24, 2.45) is 0 Å². The van der Waals surface area contributed by atoms with Crippen LogP contribution in [0.5, 0.6) is 5.75 Å². The number of anilines is 1. The minimum Gasteiger partial charge on any atom is -0.489 e. The second kappa shape index (κ2) is 9.47. The maximum absolute atomic E-state index is 11.9. The minimum absolute atomic E-state index is 0.0970. The van der Waals surface area contributed by atoms with Gasteiger partial charge in [-0.1, -0.05) is 30.3 Å². The van der Waals surface area contributed by atoms with Crippen LogP contribution in [-0.4, -0.2) is 17.0 Å². The molecule has 0 atom stereocenters. The average molecular weight is 341 g/mol. The van der Waals surface area contributed by atoms with Gasteiger partial charge >= 0.3 is 5.97 Å². The van der Waals surface area contributed by atoms with Crippen LogP contribution in [0, 0.1) is 6.92 Å². The molecule has 25 heavy (non-hydrogen) atoms. The zero-order chi connectivity index (χ0) is 18.1. The average Bonchev–Trinajstić information content (AvgIpc) is 2.60. The quantitative estimate of drug-likeness (QED) is 0.672. The molecule has 0 aliphatic heterocycles. The number of carbonyl (C=O) groups excluding carboxylic acids is 1. The molecule has 132 valence electrons. The molecule has 0 fully saturated rings. The Bertz CT molecular complexity index is 713. The van der Waals surface area contributed by atoms with Crippen LogP contribution < -0.4 is 10.1 Å².